The Morgan fingerprint density at radius 3 is 2.82 bits per heavy atom. The van der Waals surface area contributed by atoms with E-state index in [0.717, 1.165) is 19.3 Å². The first-order valence-corrected chi connectivity index (χ1v) is 6.25. The molecule has 17 heavy (non-hydrogen) atoms. The molecule has 0 spiro atoms. The van der Waals surface area contributed by atoms with Crippen LogP contribution in [0.2, 0.25) is 5.02 Å². The topological polar surface area (TPSA) is 49.3 Å². The number of benzene rings is 1. The Bertz CT molecular complexity index is 433. The molecule has 2 N–H and O–H groups in total. The predicted octanol–water partition coefficient (Wildman–Crippen LogP) is 2.96. The molecule has 92 valence electrons. The van der Waals surface area contributed by atoms with Crippen LogP contribution in [-0.2, 0) is 0 Å². The first-order valence-electron chi connectivity index (χ1n) is 5.87. The lowest BCUT2D eigenvalue weighted by molar-refractivity contribution is 0.0927. The predicted molar refractivity (Wildman–Crippen MR) is 67.4 cm³/mol. The van der Waals surface area contributed by atoms with Gasteiger partial charge < -0.3 is 10.4 Å². The van der Waals surface area contributed by atoms with Crippen LogP contribution in [0.3, 0.4) is 0 Å². The van der Waals surface area contributed by atoms with Crippen LogP contribution in [-0.4, -0.2) is 17.1 Å². The van der Waals surface area contributed by atoms with Gasteiger partial charge in [-0.2, -0.15) is 0 Å². The molecule has 2 unspecified atom stereocenters. The second kappa shape index (κ2) is 4.96. The van der Waals surface area contributed by atoms with Crippen molar-refractivity contribution in [2.45, 2.75) is 32.2 Å². The SMILES string of the molecule is CC1CCCC1NC(=O)c1ccc(Cl)cc1O. The van der Waals surface area contributed by atoms with Crippen LogP contribution in [0, 0.1) is 5.92 Å². The summed E-state index contributed by atoms with van der Waals surface area (Å²) in [4.78, 5) is 12.0. The number of carbonyl (C=O) groups excluding carboxylic acids is 1. The largest absolute Gasteiger partial charge is 0.507 e. The van der Waals surface area contributed by atoms with Gasteiger partial charge in [0.2, 0.25) is 0 Å². The van der Waals surface area contributed by atoms with Crippen molar-refractivity contribution in [2.24, 2.45) is 5.92 Å². The lowest BCUT2D eigenvalue weighted by atomic mass is 10.1. The Kier molecular flexibility index (Phi) is 3.57. The van der Waals surface area contributed by atoms with Gasteiger partial charge in [0.15, 0.2) is 0 Å². The van der Waals surface area contributed by atoms with Crippen LogP contribution >= 0.6 is 11.6 Å². The maximum Gasteiger partial charge on any atom is 0.255 e. The normalized spacial score (nSPS) is 23.6. The molecule has 2 rings (SSSR count). The van der Waals surface area contributed by atoms with Crippen molar-refractivity contribution in [3.05, 3.63) is 28.8 Å². The van der Waals surface area contributed by atoms with Crippen LogP contribution in [0.1, 0.15) is 36.5 Å². The van der Waals surface area contributed by atoms with Gasteiger partial charge in [0.05, 0.1) is 5.56 Å². The van der Waals surface area contributed by atoms with Gasteiger partial charge in [-0.1, -0.05) is 24.9 Å². The van der Waals surface area contributed by atoms with Crippen molar-refractivity contribution >= 4 is 17.5 Å². The van der Waals surface area contributed by atoms with Crippen LogP contribution in [0.15, 0.2) is 18.2 Å². The van der Waals surface area contributed by atoms with Crippen molar-refractivity contribution in [3.8, 4) is 5.75 Å². The van der Waals surface area contributed by atoms with E-state index in [-0.39, 0.29) is 23.3 Å². The molecule has 1 aromatic carbocycles. The van der Waals surface area contributed by atoms with Gasteiger partial charge >= 0.3 is 0 Å². The molecule has 0 radical (unpaired) electrons. The summed E-state index contributed by atoms with van der Waals surface area (Å²) >= 11 is 5.72. The van der Waals surface area contributed by atoms with Crippen LogP contribution in [0.4, 0.5) is 0 Å². The van der Waals surface area contributed by atoms with Gasteiger partial charge in [0, 0.05) is 11.1 Å². The summed E-state index contributed by atoms with van der Waals surface area (Å²) in [7, 11) is 0. The lowest BCUT2D eigenvalue weighted by Crippen LogP contribution is -2.36. The number of halogens is 1. The zero-order valence-electron chi connectivity index (χ0n) is 9.74. The van der Waals surface area contributed by atoms with Crippen molar-refractivity contribution in [2.75, 3.05) is 0 Å². The Labute approximate surface area is 106 Å². The molecule has 0 aromatic heterocycles. The summed E-state index contributed by atoms with van der Waals surface area (Å²) in [6.45, 7) is 2.14. The second-order valence-electron chi connectivity index (χ2n) is 4.65. The standard InChI is InChI=1S/C13H16ClNO2/c1-8-3-2-4-11(8)15-13(17)10-6-5-9(14)7-12(10)16/h5-8,11,16H,2-4H2,1H3,(H,15,17). The number of carbonyl (C=O) groups is 1. The summed E-state index contributed by atoms with van der Waals surface area (Å²) in [6.07, 6.45) is 3.32. The van der Waals surface area contributed by atoms with E-state index in [9.17, 15) is 9.90 Å². The van der Waals surface area contributed by atoms with Crippen molar-refractivity contribution < 1.29 is 9.90 Å². The van der Waals surface area contributed by atoms with Crippen molar-refractivity contribution in [1.82, 2.24) is 5.32 Å². The van der Waals surface area contributed by atoms with E-state index < -0.39 is 0 Å². The minimum absolute atomic E-state index is 0.0688. The molecule has 0 bridgehead atoms. The van der Waals surface area contributed by atoms with Gasteiger partial charge in [0.25, 0.3) is 5.91 Å². The molecule has 3 nitrogen and oxygen atoms in total. The zero-order chi connectivity index (χ0) is 12.4. The van der Waals surface area contributed by atoms with E-state index in [4.69, 9.17) is 11.6 Å². The summed E-state index contributed by atoms with van der Waals surface area (Å²) in [5, 5.41) is 13.0. The fourth-order valence-corrected chi connectivity index (χ4v) is 2.47. The van der Waals surface area contributed by atoms with Crippen LogP contribution < -0.4 is 5.32 Å². The fraction of sp³-hybridized carbons (Fsp3) is 0.462. The number of hydrogen-bond acceptors (Lipinski definition) is 2. The molecule has 1 aliphatic carbocycles. The highest BCUT2D eigenvalue weighted by Crippen LogP contribution is 2.26. The number of hydrogen-bond donors (Lipinski definition) is 2. The zero-order valence-corrected chi connectivity index (χ0v) is 10.5. The van der Waals surface area contributed by atoms with Crippen LogP contribution in [0.25, 0.3) is 0 Å². The Hall–Kier alpha value is -1.22. The number of phenolic OH excluding ortho intramolecular Hbond substituents is 1. The molecule has 2 atom stereocenters. The number of aromatic hydroxyl groups is 1. The third kappa shape index (κ3) is 2.72. The highest BCUT2D eigenvalue weighted by Gasteiger charge is 2.25. The smallest absolute Gasteiger partial charge is 0.255 e. The molecular weight excluding hydrogens is 238 g/mol. The van der Waals surface area contributed by atoms with Crippen molar-refractivity contribution in [1.29, 1.82) is 0 Å². The van der Waals surface area contributed by atoms with E-state index in [1.807, 2.05) is 0 Å². The van der Waals surface area contributed by atoms with E-state index in [2.05, 4.69) is 12.2 Å². The number of amides is 1. The quantitative estimate of drug-likeness (QED) is 0.851. The van der Waals surface area contributed by atoms with Gasteiger partial charge in [-0.15, -0.1) is 0 Å². The summed E-state index contributed by atoms with van der Waals surface area (Å²) < 4.78 is 0. The molecule has 1 fully saturated rings. The second-order valence-corrected chi connectivity index (χ2v) is 5.09. The third-order valence-electron chi connectivity index (χ3n) is 3.38. The van der Waals surface area contributed by atoms with Crippen molar-refractivity contribution in [3.63, 3.8) is 0 Å². The Morgan fingerprint density at radius 1 is 1.47 bits per heavy atom. The Balaban J connectivity index is 2.09. The van der Waals surface area contributed by atoms with Gasteiger partial charge in [-0.3, -0.25) is 4.79 Å². The third-order valence-corrected chi connectivity index (χ3v) is 3.62. The average molecular weight is 254 g/mol. The van der Waals surface area contributed by atoms with Gasteiger partial charge in [-0.05, 0) is 37.0 Å². The summed E-state index contributed by atoms with van der Waals surface area (Å²) in [5.74, 6) is 0.215. The molecule has 4 heteroatoms. The number of nitrogens with one attached hydrogen (secondary N) is 1. The number of rotatable bonds is 2. The molecular formula is C13H16ClNO2. The Morgan fingerprint density at radius 2 is 2.24 bits per heavy atom. The first kappa shape index (κ1) is 12.2. The molecule has 0 saturated heterocycles. The fourth-order valence-electron chi connectivity index (χ4n) is 2.30. The minimum Gasteiger partial charge on any atom is -0.507 e. The highest BCUT2D eigenvalue weighted by molar-refractivity contribution is 6.30. The van der Waals surface area contributed by atoms with Gasteiger partial charge in [-0.25, -0.2) is 0 Å². The van der Waals surface area contributed by atoms with E-state index in [0.29, 0.717) is 10.9 Å². The summed E-state index contributed by atoms with van der Waals surface area (Å²) in [5.41, 5.74) is 0.286. The van der Waals surface area contributed by atoms with Gasteiger partial charge in [0.1, 0.15) is 5.75 Å². The first-order chi connectivity index (χ1) is 8.08. The average Bonchev–Trinajstić information content (AvgIpc) is 2.64. The maximum absolute atomic E-state index is 12.0. The van der Waals surface area contributed by atoms with E-state index in [1.165, 1.54) is 6.07 Å². The molecule has 1 aliphatic rings. The molecule has 0 heterocycles. The maximum atomic E-state index is 12.0. The molecule has 1 saturated carbocycles. The van der Waals surface area contributed by atoms with E-state index >= 15 is 0 Å². The monoisotopic (exact) mass is 253 g/mol. The lowest BCUT2D eigenvalue weighted by Gasteiger charge is -2.17. The molecule has 1 aromatic rings. The van der Waals surface area contributed by atoms with E-state index in [1.54, 1.807) is 12.1 Å². The summed E-state index contributed by atoms with van der Waals surface area (Å²) in [6, 6.07) is 4.76. The minimum atomic E-state index is -0.224. The molecule has 0 aliphatic heterocycles. The number of phenols is 1. The molecule has 1 amide bonds. The van der Waals surface area contributed by atoms with Crippen LogP contribution in [0.5, 0.6) is 5.75 Å². The highest BCUT2D eigenvalue weighted by atomic mass is 35.5.